The quantitative estimate of drug-likeness (QED) is 0.236. The molecule has 2 saturated heterocycles. The molecular weight excluding hydrogens is 472 g/mol. The molecule has 2 unspecified atom stereocenters. The molecule has 13 heteroatoms. The molecule has 0 bridgehead atoms. The first-order valence-corrected chi connectivity index (χ1v) is 11.8. The van der Waals surface area contributed by atoms with Gasteiger partial charge in [-0.1, -0.05) is 37.1 Å². The zero-order valence-corrected chi connectivity index (χ0v) is 19.3. The van der Waals surface area contributed by atoms with E-state index in [0.29, 0.717) is 5.16 Å². The number of nitrogens with zero attached hydrogens (tertiary/aromatic N) is 3. The van der Waals surface area contributed by atoms with Crippen LogP contribution < -0.4 is 0 Å². The molecule has 2 fully saturated rings. The molecule has 4 heterocycles. The maximum absolute atomic E-state index is 13.1. The van der Waals surface area contributed by atoms with Gasteiger partial charge in [-0.25, -0.2) is 14.6 Å². The number of nitrogens with one attached hydrogen (secondary N) is 1. The first kappa shape index (κ1) is 23.3. The summed E-state index contributed by atoms with van der Waals surface area (Å²) in [5.74, 6) is -0.116. The van der Waals surface area contributed by atoms with Crippen molar-refractivity contribution < 1.29 is 33.4 Å². The molecule has 3 aliphatic rings. The number of amides is 1. The molecule has 4 rings (SSSR count). The molecule has 1 N–H and O–H groups in total. The molecule has 11 nitrogen and oxygen atoms in total. The number of aromatic nitrogens is 2. The number of aromatic amines is 1. The summed E-state index contributed by atoms with van der Waals surface area (Å²) in [7, 11) is 0. The number of rotatable bonds is 9. The van der Waals surface area contributed by atoms with E-state index in [1.165, 1.54) is 45.6 Å². The number of imidazole rings is 1. The maximum Gasteiger partial charge on any atom is 0.528 e. The van der Waals surface area contributed by atoms with Crippen molar-refractivity contribution in [2.75, 3.05) is 19.1 Å². The fraction of sp³-hybridized carbons (Fsp3) is 0.400. The number of thioether (sulfide) groups is 2. The highest BCUT2D eigenvalue weighted by molar-refractivity contribution is 8.03. The topological polar surface area (TPSA) is 123 Å². The van der Waals surface area contributed by atoms with Crippen LogP contribution in [0.4, 0.5) is 9.59 Å². The van der Waals surface area contributed by atoms with Crippen LogP contribution in [0.1, 0.15) is 6.92 Å². The highest BCUT2D eigenvalue weighted by atomic mass is 32.2. The molecule has 4 atom stereocenters. The fourth-order valence-corrected chi connectivity index (χ4v) is 6.16. The molecule has 1 amide bonds. The van der Waals surface area contributed by atoms with Gasteiger partial charge >= 0.3 is 12.3 Å². The molecule has 3 aliphatic heterocycles. The lowest BCUT2D eigenvalue weighted by Crippen LogP contribution is -2.72. The van der Waals surface area contributed by atoms with E-state index in [4.69, 9.17) is 19.0 Å². The summed E-state index contributed by atoms with van der Waals surface area (Å²) in [6.07, 6.45) is 3.42. The number of carbonyl (C=O) groups excluding carboxylic acids is 3. The van der Waals surface area contributed by atoms with Gasteiger partial charge in [0.15, 0.2) is 11.2 Å². The van der Waals surface area contributed by atoms with Gasteiger partial charge in [0.2, 0.25) is 12.1 Å². The molecular formula is C20H22N4O7S2. The van der Waals surface area contributed by atoms with E-state index >= 15 is 0 Å². The van der Waals surface area contributed by atoms with E-state index in [9.17, 15) is 14.4 Å². The Kier molecular flexibility index (Phi) is 7.00. The lowest BCUT2D eigenvalue weighted by Gasteiger charge is -2.50. The molecule has 33 heavy (non-hydrogen) atoms. The lowest BCUT2D eigenvalue weighted by atomic mass is 9.97. The predicted octanol–water partition coefficient (Wildman–Crippen LogP) is 2.66. The Labute approximate surface area is 198 Å². The van der Waals surface area contributed by atoms with Crippen molar-refractivity contribution in [1.29, 1.82) is 0 Å². The monoisotopic (exact) mass is 494 g/mol. The summed E-state index contributed by atoms with van der Waals surface area (Å²) < 4.78 is 15.4. The molecule has 0 aliphatic carbocycles. The average Bonchev–Trinajstić information content (AvgIpc) is 3.39. The molecule has 0 spiro atoms. The van der Waals surface area contributed by atoms with Gasteiger partial charge in [-0.15, -0.1) is 16.8 Å². The highest BCUT2D eigenvalue weighted by Gasteiger charge is 2.65. The first-order valence-electron chi connectivity index (χ1n) is 9.97. The summed E-state index contributed by atoms with van der Waals surface area (Å²) >= 11 is 2.85. The highest BCUT2D eigenvalue weighted by Crippen LogP contribution is 2.53. The molecule has 1 aromatic heterocycles. The molecule has 0 radical (unpaired) electrons. The second kappa shape index (κ2) is 9.93. The minimum Gasteiger partial charge on any atom is -0.430 e. The maximum atomic E-state index is 13.1. The van der Waals surface area contributed by atoms with Crippen molar-refractivity contribution in [1.82, 2.24) is 19.9 Å². The van der Waals surface area contributed by atoms with E-state index in [-0.39, 0.29) is 30.2 Å². The van der Waals surface area contributed by atoms with Gasteiger partial charge in [0.05, 0.1) is 11.9 Å². The Balaban J connectivity index is 1.57. The Morgan fingerprint density at radius 3 is 2.70 bits per heavy atom. The Hall–Kier alpha value is -2.90. The molecule has 1 aromatic rings. The second-order valence-electron chi connectivity index (χ2n) is 7.06. The SMILES string of the molecule is C=CCOC(=O)OC1C(C(C)Sc2ncc[nH]2)=C2SCN(OC(=O)OCC=C)[C@@H]3C(=O)N1[C@H]23. The van der Waals surface area contributed by atoms with E-state index in [2.05, 4.69) is 23.1 Å². The Morgan fingerprint density at radius 2 is 2.03 bits per heavy atom. The van der Waals surface area contributed by atoms with E-state index in [1.807, 2.05) is 6.92 Å². The zero-order valence-electron chi connectivity index (χ0n) is 17.7. The number of H-pyrrole nitrogens is 1. The van der Waals surface area contributed by atoms with Crippen molar-refractivity contribution in [3.63, 3.8) is 0 Å². The zero-order chi connectivity index (χ0) is 23.5. The fourth-order valence-electron chi connectivity index (χ4n) is 3.78. The second-order valence-corrected chi connectivity index (χ2v) is 9.38. The third kappa shape index (κ3) is 4.48. The van der Waals surface area contributed by atoms with Gasteiger partial charge in [0.1, 0.15) is 13.2 Å². The average molecular weight is 495 g/mol. The number of hydrogen-bond donors (Lipinski definition) is 1. The van der Waals surface area contributed by atoms with Crippen LogP contribution in [0, 0.1) is 0 Å². The number of hydroxylamine groups is 2. The van der Waals surface area contributed by atoms with Crippen molar-refractivity contribution in [2.45, 2.75) is 35.6 Å². The van der Waals surface area contributed by atoms with Crippen LogP contribution in [-0.2, 0) is 23.8 Å². The van der Waals surface area contributed by atoms with E-state index < -0.39 is 30.6 Å². The Bertz CT molecular complexity index is 983. The minimum atomic E-state index is -0.941. The summed E-state index contributed by atoms with van der Waals surface area (Å²) in [6.45, 7) is 8.91. The van der Waals surface area contributed by atoms with Gasteiger partial charge in [-0.2, -0.15) is 0 Å². The number of carbonyl (C=O) groups is 3. The van der Waals surface area contributed by atoms with Gasteiger partial charge in [0.25, 0.3) is 0 Å². The summed E-state index contributed by atoms with van der Waals surface area (Å²) in [5, 5.41) is 1.81. The van der Waals surface area contributed by atoms with Crippen LogP contribution in [0.15, 0.2) is 53.3 Å². The predicted molar refractivity (Wildman–Crippen MR) is 119 cm³/mol. The van der Waals surface area contributed by atoms with Crippen molar-refractivity contribution in [3.05, 3.63) is 48.2 Å². The van der Waals surface area contributed by atoms with E-state index in [0.717, 1.165) is 10.5 Å². The van der Waals surface area contributed by atoms with Gasteiger partial charge in [-0.05, 0) is 6.92 Å². The normalized spacial score (nSPS) is 24.5. The van der Waals surface area contributed by atoms with Gasteiger partial charge in [-0.3, -0.25) is 9.69 Å². The van der Waals surface area contributed by atoms with Gasteiger partial charge in [0, 0.05) is 28.1 Å². The number of ether oxygens (including phenoxy) is 3. The van der Waals surface area contributed by atoms with E-state index in [1.54, 1.807) is 12.4 Å². The summed E-state index contributed by atoms with van der Waals surface area (Å²) in [5.41, 5.74) is 0.770. The van der Waals surface area contributed by atoms with Crippen LogP contribution in [0.3, 0.4) is 0 Å². The molecule has 0 aromatic carbocycles. The van der Waals surface area contributed by atoms with Crippen LogP contribution in [0.2, 0.25) is 0 Å². The summed E-state index contributed by atoms with van der Waals surface area (Å²) in [6, 6.07) is -1.15. The summed E-state index contributed by atoms with van der Waals surface area (Å²) in [4.78, 5) is 52.1. The van der Waals surface area contributed by atoms with Gasteiger partial charge < -0.3 is 24.0 Å². The molecule has 0 saturated carbocycles. The van der Waals surface area contributed by atoms with Crippen LogP contribution in [0.5, 0.6) is 0 Å². The first-order chi connectivity index (χ1) is 16.0. The lowest BCUT2D eigenvalue weighted by molar-refractivity contribution is -0.206. The number of β-lactam (4-membered cyclic amide) rings is 1. The largest absolute Gasteiger partial charge is 0.528 e. The smallest absolute Gasteiger partial charge is 0.430 e. The Morgan fingerprint density at radius 1 is 1.30 bits per heavy atom. The molecule has 176 valence electrons. The van der Waals surface area contributed by atoms with Crippen molar-refractivity contribution in [3.8, 4) is 0 Å². The van der Waals surface area contributed by atoms with Crippen LogP contribution in [0.25, 0.3) is 0 Å². The standard InChI is InChI=1S/C20H22N4O7S2/c1-4-8-28-19(26)30-17-12(11(3)33-18-21-6-7-22-18)15-13-14(16(25)24(13)17)23(10-32-15)31-20(27)29-9-5-2/h4-7,11,13-14,17H,1-2,8-10H2,3H3,(H,21,22)/t11?,13-,14-,17?/m0/s1. The third-order valence-corrected chi connectivity index (χ3v) is 7.30. The minimum absolute atomic E-state index is 0.00641. The third-order valence-electron chi connectivity index (χ3n) is 5.07. The van der Waals surface area contributed by atoms with Crippen molar-refractivity contribution in [2.24, 2.45) is 0 Å². The van der Waals surface area contributed by atoms with Crippen molar-refractivity contribution >= 4 is 41.7 Å². The van der Waals surface area contributed by atoms with Crippen LogP contribution >= 0.6 is 23.5 Å². The number of hydrogen-bond acceptors (Lipinski definition) is 11. The van der Waals surface area contributed by atoms with Crippen LogP contribution in [-0.4, -0.2) is 80.8 Å².